The van der Waals surface area contributed by atoms with E-state index in [2.05, 4.69) is 17.6 Å². The van der Waals surface area contributed by atoms with E-state index in [0.717, 1.165) is 55.9 Å². The van der Waals surface area contributed by atoms with Crippen molar-refractivity contribution in [1.29, 1.82) is 0 Å². The Bertz CT molecular complexity index is 750. The zero-order chi connectivity index (χ0) is 20.6. The smallest absolute Gasteiger partial charge is 0.191 e. The summed E-state index contributed by atoms with van der Waals surface area (Å²) in [5.74, 6) is 2.83. The number of aliphatic imine (C=N–C) groups is 1. The molecule has 1 fully saturated rings. The minimum Gasteiger partial charge on any atom is -0.489 e. The van der Waals surface area contributed by atoms with Gasteiger partial charge in [0.1, 0.15) is 0 Å². The molecule has 30 heavy (non-hydrogen) atoms. The Labute approximate surface area is 204 Å². The third-order valence-electron chi connectivity index (χ3n) is 5.25. The number of nitrogens with one attached hydrogen (secondary N) is 2. The number of benzene rings is 1. The predicted octanol–water partition coefficient (Wildman–Crippen LogP) is 4.25. The summed E-state index contributed by atoms with van der Waals surface area (Å²) in [6, 6.07) is 4.15. The van der Waals surface area contributed by atoms with E-state index < -0.39 is 10.8 Å². The van der Waals surface area contributed by atoms with Crippen LogP contribution in [0, 0.1) is 0 Å². The molecule has 3 unspecified atom stereocenters. The van der Waals surface area contributed by atoms with Gasteiger partial charge >= 0.3 is 0 Å². The molecule has 1 aliphatic heterocycles. The van der Waals surface area contributed by atoms with Gasteiger partial charge in [-0.05, 0) is 43.9 Å². The van der Waals surface area contributed by atoms with Gasteiger partial charge in [0, 0.05) is 40.8 Å². The second-order valence-electron chi connectivity index (χ2n) is 7.45. The molecule has 1 aliphatic carbocycles. The molecule has 2 aliphatic rings. The van der Waals surface area contributed by atoms with E-state index in [1.807, 2.05) is 19.1 Å². The van der Waals surface area contributed by atoms with Crippen LogP contribution >= 0.6 is 35.6 Å². The molecule has 1 heterocycles. The third-order valence-corrected chi connectivity index (χ3v) is 7.27. The Balaban J connectivity index is 0.00000320. The highest BCUT2D eigenvalue weighted by Crippen LogP contribution is 2.38. The van der Waals surface area contributed by atoms with E-state index in [0.29, 0.717) is 42.3 Å². The number of rotatable bonds is 6. The number of halogens is 2. The number of hydrogen-bond acceptors (Lipinski definition) is 4. The molecule has 6 nitrogen and oxygen atoms in total. The van der Waals surface area contributed by atoms with Crippen LogP contribution in [0.25, 0.3) is 0 Å². The van der Waals surface area contributed by atoms with Crippen LogP contribution in [0.4, 0.5) is 0 Å². The Hall–Kier alpha value is -0.740. The number of fused-ring (bicyclic) bond motifs is 1. The molecule has 0 amide bonds. The molecule has 3 rings (SSSR count). The first-order valence-electron chi connectivity index (χ1n) is 10.6. The van der Waals surface area contributed by atoms with Crippen LogP contribution in [0.5, 0.6) is 11.5 Å². The third kappa shape index (κ3) is 7.15. The molecule has 170 valence electrons. The maximum Gasteiger partial charge on any atom is 0.191 e. The van der Waals surface area contributed by atoms with Crippen LogP contribution in [-0.4, -0.2) is 47.0 Å². The summed E-state index contributed by atoms with van der Waals surface area (Å²) in [5.41, 5.74) is 0.977. The molecule has 0 saturated heterocycles. The van der Waals surface area contributed by atoms with Gasteiger partial charge in [0.2, 0.25) is 0 Å². The first-order chi connectivity index (χ1) is 14.1. The van der Waals surface area contributed by atoms with Crippen LogP contribution in [-0.2, 0) is 17.3 Å². The standard InChI is InChI=1S/C21H32ClN3O3S.HI/c1-3-23-21(25-16-7-5-8-17(13-16)29(26)4-2)24-14-15-11-18(22)20-19(12-15)27-9-6-10-28-20;/h11-12,16-17H,3-10,13-14H2,1-2H3,(H2,23,24,25);1H. The highest BCUT2D eigenvalue weighted by molar-refractivity contribution is 14.0. The Morgan fingerprint density at radius 2 is 2.03 bits per heavy atom. The number of nitrogens with zero attached hydrogens (tertiary/aromatic N) is 1. The van der Waals surface area contributed by atoms with Crippen molar-refractivity contribution >= 4 is 52.3 Å². The van der Waals surface area contributed by atoms with Gasteiger partial charge in [-0.15, -0.1) is 24.0 Å². The number of hydrogen-bond donors (Lipinski definition) is 2. The lowest BCUT2D eigenvalue weighted by molar-refractivity contribution is 0.297. The molecule has 0 radical (unpaired) electrons. The SMILES string of the molecule is CCNC(=NCc1cc(Cl)c2c(c1)OCCCO2)NC1CCCC(S(=O)CC)C1.I. The van der Waals surface area contributed by atoms with Gasteiger partial charge in [0.05, 0.1) is 24.8 Å². The minimum absolute atomic E-state index is 0. The Morgan fingerprint density at radius 1 is 1.23 bits per heavy atom. The number of guanidine groups is 1. The molecule has 0 spiro atoms. The summed E-state index contributed by atoms with van der Waals surface area (Å²) in [6.45, 7) is 6.57. The molecule has 1 aromatic carbocycles. The van der Waals surface area contributed by atoms with Crippen molar-refractivity contribution in [2.24, 2.45) is 4.99 Å². The van der Waals surface area contributed by atoms with E-state index >= 15 is 0 Å². The van der Waals surface area contributed by atoms with Crippen molar-refractivity contribution in [2.75, 3.05) is 25.5 Å². The topological polar surface area (TPSA) is 72.0 Å². The van der Waals surface area contributed by atoms with Crippen molar-refractivity contribution in [3.63, 3.8) is 0 Å². The molecule has 1 aromatic rings. The van der Waals surface area contributed by atoms with Crippen molar-refractivity contribution in [1.82, 2.24) is 10.6 Å². The van der Waals surface area contributed by atoms with E-state index in [4.69, 9.17) is 26.1 Å². The molecule has 0 bridgehead atoms. The molecule has 9 heteroatoms. The van der Waals surface area contributed by atoms with Crippen LogP contribution in [0.2, 0.25) is 5.02 Å². The van der Waals surface area contributed by atoms with Crippen molar-refractivity contribution in [3.05, 3.63) is 22.7 Å². The number of ether oxygens (including phenoxy) is 2. The predicted molar refractivity (Wildman–Crippen MR) is 135 cm³/mol. The van der Waals surface area contributed by atoms with Gasteiger partial charge in [0.25, 0.3) is 0 Å². The Morgan fingerprint density at radius 3 is 2.80 bits per heavy atom. The lowest BCUT2D eigenvalue weighted by Crippen LogP contribution is -2.46. The lowest BCUT2D eigenvalue weighted by Gasteiger charge is -2.30. The summed E-state index contributed by atoms with van der Waals surface area (Å²) in [5, 5.41) is 7.70. The van der Waals surface area contributed by atoms with Crippen LogP contribution in [0.1, 0.15) is 51.5 Å². The first kappa shape index (κ1) is 25.5. The van der Waals surface area contributed by atoms with Crippen molar-refractivity contribution < 1.29 is 13.7 Å². The van der Waals surface area contributed by atoms with E-state index in [9.17, 15) is 4.21 Å². The van der Waals surface area contributed by atoms with E-state index in [-0.39, 0.29) is 29.2 Å². The van der Waals surface area contributed by atoms with Gasteiger partial charge in [0.15, 0.2) is 17.5 Å². The van der Waals surface area contributed by atoms with Gasteiger partial charge < -0.3 is 20.1 Å². The highest BCUT2D eigenvalue weighted by atomic mass is 127. The fourth-order valence-corrected chi connectivity index (χ4v) is 5.45. The molecule has 1 saturated carbocycles. The zero-order valence-electron chi connectivity index (χ0n) is 17.7. The van der Waals surface area contributed by atoms with Crippen LogP contribution in [0.15, 0.2) is 17.1 Å². The Kier molecular flexibility index (Phi) is 11.0. The summed E-state index contributed by atoms with van der Waals surface area (Å²) in [7, 11) is -0.732. The van der Waals surface area contributed by atoms with Gasteiger partial charge in [-0.1, -0.05) is 24.9 Å². The van der Waals surface area contributed by atoms with Gasteiger partial charge in [-0.3, -0.25) is 4.21 Å². The lowest BCUT2D eigenvalue weighted by atomic mass is 9.95. The average Bonchev–Trinajstić information content (AvgIpc) is 2.98. The van der Waals surface area contributed by atoms with Gasteiger partial charge in [-0.2, -0.15) is 0 Å². The fraction of sp³-hybridized carbons (Fsp3) is 0.667. The first-order valence-corrected chi connectivity index (χ1v) is 12.4. The summed E-state index contributed by atoms with van der Waals surface area (Å²) in [4.78, 5) is 4.74. The van der Waals surface area contributed by atoms with E-state index in [1.54, 1.807) is 0 Å². The summed E-state index contributed by atoms with van der Waals surface area (Å²) < 4.78 is 23.7. The van der Waals surface area contributed by atoms with Gasteiger partial charge in [-0.25, -0.2) is 4.99 Å². The maximum atomic E-state index is 12.2. The largest absolute Gasteiger partial charge is 0.489 e. The van der Waals surface area contributed by atoms with Crippen molar-refractivity contribution in [3.8, 4) is 11.5 Å². The minimum atomic E-state index is -0.732. The molecule has 0 aromatic heterocycles. The second-order valence-corrected chi connectivity index (χ2v) is 9.86. The normalized spacial score (nSPS) is 22.4. The van der Waals surface area contributed by atoms with Crippen LogP contribution in [0.3, 0.4) is 0 Å². The molecular formula is C21H33ClIN3O3S. The zero-order valence-corrected chi connectivity index (χ0v) is 21.6. The quantitative estimate of drug-likeness (QED) is 0.304. The second kappa shape index (κ2) is 13.0. The maximum absolute atomic E-state index is 12.2. The molecule has 2 N–H and O–H groups in total. The van der Waals surface area contributed by atoms with Crippen molar-refractivity contribution in [2.45, 2.75) is 63.8 Å². The summed E-state index contributed by atoms with van der Waals surface area (Å²) >= 11 is 6.40. The molecule has 3 atom stereocenters. The fourth-order valence-electron chi connectivity index (χ4n) is 3.81. The van der Waals surface area contributed by atoms with Crippen LogP contribution < -0.4 is 20.1 Å². The van der Waals surface area contributed by atoms with E-state index in [1.165, 1.54) is 0 Å². The monoisotopic (exact) mass is 569 g/mol. The average molecular weight is 570 g/mol. The highest BCUT2D eigenvalue weighted by Gasteiger charge is 2.26. The molecular weight excluding hydrogens is 537 g/mol. The summed E-state index contributed by atoms with van der Waals surface area (Å²) in [6.07, 6.45) is 5.02.